The number of hydrogen-bond acceptors (Lipinski definition) is 5. The zero-order valence-corrected chi connectivity index (χ0v) is 17.4. The third-order valence-electron chi connectivity index (χ3n) is 4.54. The highest BCUT2D eigenvalue weighted by Gasteiger charge is 2.20. The van der Waals surface area contributed by atoms with Crippen LogP contribution in [0.15, 0.2) is 23.0 Å². The maximum Gasteiger partial charge on any atom is 0.308 e. The van der Waals surface area contributed by atoms with Crippen LogP contribution in [0.2, 0.25) is 0 Å². The summed E-state index contributed by atoms with van der Waals surface area (Å²) < 4.78 is 18.4. The number of fused-ring (bicyclic) bond motifs is 1. The first-order valence-corrected chi connectivity index (χ1v) is 10.1. The van der Waals surface area contributed by atoms with Gasteiger partial charge in [-0.1, -0.05) is 39.5 Å². The predicted molar refractivity (Wildman–Crippen MR) is 111 cm³/mol. The zero-order valence-electron chi connectivity index (χ0n) is 17.4. The second-order valence-electron chi connectivity index (χ2n) is 6.91. The van der Waals surface area contributed by atoms with Crippen LogP contribution in [0.5, 0.6) is 17.2 Å². The van der Waals surface area contributed by atoms with Crippen LogP contribution in [0, 0.1) is 0 Å². The van der Waals surface area contributed by atoms with E-state index in [1.807, 2.05) is 18.2 Å². The van der Waals surface area contributed by atoms with Gasteiger partial charge in [-0.25, -0.2) is 0 Å². The maximum absolute atomic E-state index is 12.8. The highest BCUT2D eigenvalue weighted by Crippen LogP contribution is 2.34. The molecule has 0 spiro atoms. The van der Waals surface area contributed by atoms with Gasteiger partial charge in [0, 0.05) is 25.4 Å². The molecule has 0 aliphatic heterocycles. The first-order chi connectivity index (χ1) is 13.5. The summed E-state index contributed by atoms with van der Waals surface area (Å²) in [5, 5.41) is 0.719. The molecular formula is C22H31NO5. The Hall–Kier alpha value is -2.50. The summed E-state index contributed by atoms with van der Waals surface area (Å²) in [6, 6.07) is 5.53. The van der Waals surface area contributed by atoms with Crippen LogP contribution < -0.4 is 19.8 Å². The van der Waals surface area contributed by atoms with E-state index in [-0.39, 0.29) is 5.75 Å². The summed E-state index contributed by atoms with van der Waals surface area (Å²) in [5.74, 6) is 0.416. The Bertz CT molecular complexity index is 856. The molecule has 0 atom stereocenters. The molecule has 1 aromatic heterocycles. The smallest absolute Gasteiger partial charge is 0.308 e. The minimum Gasteiger partial charge on any atom is -0.494 e. The average Bonchev–Trinajstić information content (AvgIpc) is 2.67. The lowest BCUT2D eigenvalue weighted by molar-refractivity contribution is -0.132. The monoisotopic (exact) mass is 389 g/mol. The Labute approximate surface area is 166 Å². The van der Waals surface area contributed by atoms with Crippen molar-refractivity contribution in [2.24, 2.45) is 7.05 Å². The molecule has 0 saturated heterocycles. The fourth-order valence-electron chi connectivity index (χ4n) is 2.97. The minimum atomic E-state index is -0.549. The van der Waals surface area contributed by atoms with E-state index >= 15 is 0 Å². The van der Waals surface area contributed by atoms with Crippen LogP contribution in [0.4, 0.5) is 0 Å². The lowest BCUT2D eigenvalue weighted by atomic mass is 10.1. The molecule has 0 bridgehead atoms. The number of carbonyl (C=O) groups is 1. The van der Waals surface area contributed by atoms with Crippen molar-refractivity contribution in [2.45, 2.75) is 59.3 Å². The largest absolute Gasteiger partial charge is 0.494 e. The second-order valence-corrected chi connectivity index (χ2v) is 6.91. The molecule has 1 aromatic carbocycles. The van der Waals surface area contributed by atoms with E-state index in [9.17, 15) is 9.59 Å². The van der Waals surface area contributed by atoms with Crippen LogP contribution >= 0.6 is 0 Å². The van der Waals surface area contributed by atoms with Gasteiger partial charge in [0.25, 0.3) is 5.56 Å². The molecule has 0 unspecified atom stereocenters. The number of esters is 1. The number of rotatable bonds is 11. The Morgan fingerprint density at radius 3 is 2.36 bits per heavy atom. The third-order valence-corrected chi connectivity index (χ3v) is 4.54. The third kappa shape index (κ3) is 5.50. The predicted octanol–water partition coefficient (Wildman–Crippen LogP) is 4.60. The van der Waals surface area contributed by atoms with Crippen molar-refractivity contribution in [1.29, 1.82) is 0 Å². The van der Waals surface area contributed by atoms with E-state index in [4.69, 9.17) is 14.2 Å². The molecule has 0 saturated carbocycles. The van der Waals surface area contributed by atoms with Gasteiger partial charge < -0.3 is 18.8 Å². The van der Waals surface area contributed by atoms with Gasteiger partial charge in [0.15, 0.2) is 5.75 Å². The lowest BCUT2D eigenvalue weighted by Crippen LogP contribution is -2.22. The van der Waals surface area contributed by atoms with Gasteiger partial charge in [0.1, 0.15) is 5.75 Å². The number of nitrogens with zero attached hydrogens (tertiary/aromatic N) is 1. The van der Waals surface area contributed by atoms with Crippen molar-refractivity contribution >= 4 is 16.9 Å². The van der Waals surface area contributed by atoms with Crippen LogP contribution in [0.3, 0.4) is 0 Å². The summed E-state index contributed by atoms with van der Waals surface area (Å²) >= 11 is 0. The van der Waals surface area contributed by atoms with E-state index in [1.54, 1.807) is 7.05 Å². The first-order valence-electron chi connectivity index (χ1n) is 10.1. The Kier molecular flexibility index (Phi) is 8.36. The highest BCUT2D eigenvalue weighted by molar-refractivity contribution is 5.89. The molecule has 0 aliphatic carbocycles. The SMILES string of the molecule is CCCCCCOc1c(OC(C)=O)c(=O)n(C)c2cc(OCCCC)ccc12. The molecule has 0 radical (unpaired) electrons. The lowest BCUT2D eigenvalue weighted by Gasteiger charge is -2.16. The van der Waals surface area contributed by atoms with Crippen LogP contribution in [-0.4, -0.2) is 23.8 Å². The molecular weight excluding hydrogens is 358 g/mol. The van der Waals surface area contributed by atoms with Gasteiger partial charge >= 0.3 is 5.97 Å². The number of hydrogen-bond donors (Lipinski definition) is 0. The molecule has 0 N–H and O–H groups in total. The second kappa shape index (κ2) is 10.7. The number of unbranched alkanes of at least 4 members (excludes halogenated alkanes) is 4. The summed E-state index contributed by atoms with van der Waals surface area (Å²) in [6.45, 7) is 6.62. The van der Waals surface area contributed by atoms with Crippen molar-refractivity contribution in [3.8, 4) is 17.2 Å². The molecule has 0 aliphatic rings. The van der Waals surface area contributed by atoms with Crippen LogP contribution in [-0.2, 0) is 11.8 Å². The van der Waals surface area contributed by atoms with Crippen molar-refractivity contribution in [2.75, 3.05) is 13.2 Å². The molecule has 6 nitrogen and oxygen atoms in total. The van der Waals surface area contributed by atoms with Crippen molar-refractivity contribution < 1.29 is 19.0 Å². The molecule has 0 fully saturated rings. The van der Waals surface area contributed by atoms with Gasteiger partial charge in [-0.15, -0.1) is 0 Å². The van der Waals surface area contributed by atoms with Gasteiger partial charge in [-0.05, 0) is 25.0 Å². The van der Waals surface area contributed by atoms with E-state index in [1.165, 1.54) is 11.5 Å². The Morgan fingerprint density at radius 2 is 1.68 bits per heavy atom. The summed E-state index contributed by atoms with van der Waals surface area (Å²) in [7, 11) is 1.65. The van der Waals surface area contributed by atoms with Gasteiger partial charge in [-0.3, -0.25) is 9.59 Å². The molecule has 2 aromatic rings. The van der Waals surface area contributed by atoms with Crippen molar-refractivity contribution in [1.82, 2.24) is 4.57 Å². The highest BCUT2D eigenvalue weighted by atomic mass is 16.6. The Morgan fingerprint density at radius 1 is 0.964 bits per heavy atom. The number of ether oxygens (including phenoxy) is 3. The zero-order chi connectivity index (χ0) is 20.5. The maximum atomic E-state index is 12.8. The molecule has 2 rings (SSSR count). The number of aromatic nitrogens is 1. The van der Waals surface area contributed by atoms with Gasteiger partial charge in [-0.2, -0.15) is 0 Å². The number of pyridine rings is 1. The summed E-state index contributed by atoms with van der Waals surface area (Å²) in [5.41, 5.74) is 0.274. The first kappa shape index (κ1) is 21.8. The minimum absolute atomic E-state index is 0.0577. The molecule has 1 heterocycles. The average molecular weight is 389 g/mol. The number of aryl methyl sites for hydroxylation is 1. The van der Waals surface area contributed by atoms with Crippen molar-refractivity contribution in [3.63, 3.8) is 0 Å². The fourth-order valence-corrected chi connectivity index (χ4v) is 2.97. The molecule has 28 heavy (non-hydrogen) atoms. The van der Waals surface area contributed by atoms with E-state index < -0.39 is 11.5 Å². The van der Waals surface area contributed by atoms with Crippen LogP contribution in [0.1, 0.15) is 59.3 Å². The van der Waals surface area contributed by atoms with E-state index in [0.717, 1.165) is 43.9 Å². The summed E-state index contributed by atoms with van der Waals surface area (Å²) in [4.78, 5) is 24.3. The number of benzene rings is 1. The molecule has 6 heteroatoms. The van der Waals surface area contributed by atoms with E-state index in [2.05, 4.69) is 13.8 Å². The van der Waals surface area contributed by atoms with Crippen LogP contribution in [0.25, 0.3) is 10.9 Å². The Balaban J connectivity index is 2.43. The van der Waals surface area contributed by atoms with Gasteiger partial charge in [0.05, 0.1) is 18.7 Å². The standard InChI is InChI=1S/C22H31NO5/c1-5-7-9-10-14-27-20-18-12-11-17(26-13-8-6-2)15-19(18)23(4)22(25)21(20)28-16(3)24/h11-12,15H,5-10,13-14H2,1-4H3. The topological polar surface area (TPSA) is 66.8 Å². The van der Waals surface area contributed by atoms with E-state index in [0.29, 0.717) is 30.2 Å². The van der Waals surface area contributed by atoms with Crippen molar-refractivity contribution in [3.05, 3.63) is 28.6 Å². The summed E-state index contributed by atoms with van der Waals surface area (Å²) in [6.07, 6.45) is 6.21. The number of carbonyl (C=O) groups excluding carboxylic acids is 1. The molecule has 154 valence electrons. The van der Waals surface area contributed by atoms with Gasteiger partial charge in [0.2, 0.25) is 5.75 Å². The molecule has 0 amide bonds. The fraction of sp³-hybridized carbons (Fsp3) is 0.545. The normalized spacial score (nSPS) is 10.9. The quantitative estimate of drug-likeness (QED) is 0.415.